The van der Waals surface area contributed by atoms with Crippen LogP contribution in [0, 0.1) is 0 Å². The molecule has 1 rings (SSSR count). The molecule has 0 spiro atoms. The van der Waals surface area contributed by atoms with Gasteiger partial charge < -0.3 is 10.6 Å². The van der Waals surface area contributed by atoms with Crippen molar-refractivity contribution in [3.63, 3.8) is 0 Å². The van der Waals surface area contributed by atoms with Crippen LogP contribution in [0.4, 0.5) is 11.4 Å². The fraction of sp³-hybridized carbons (Fsp3) is 0.500. The predicted molar refractivity (Wildman–Crippen MR) is 84.9 cm³/mol. The highest BCUT2D eigenvalue weighted by Gasteiger charge is 2.02. The Labute approximate surface area is 122 Å². The lowest BCUT2D eigenvalue weighted by molar-refractivity contribution is -0.117. The number of hydrogen-bond donors (Lipinski definition) is 2. The average molecular weight is 278 g/mol. The molecular weight excluding hydrogens is 252 g/mol. The number of carbonyl (C=O) groups is 2. The summed E-state index contributed by atoms with van der Waals surface area (Å²) in [6.07, 6.45) is 2.71. The molecule has 0 heterocycles. The summed E-state index contributed by atoms with van der Waals surface area (Å²) in [5, 5.41) is 5.59. The number of rotatable bonds is 6. The summed E-state index contributed by atoms with van der Waals surface area (Å²) in [6, 6.07) is 7.15. The number of benzene rings is 1. The van der Waals surface area contributed by atoms with Crippen molar-refractivity contribution < 1.29 is 9.59 Å². The highest BCUT2D eigenvalue weighted by Crippen LogP contribution is 2.14. The van der Waals surface area contributed by atoms with Gasteiger partial charge in [0.2, 0.25) is 11.8 Å². The molecular formula is C16H26N2O2. The molecule has 0 atom stereocenters. The van der Waals surface area contributed by atoms with E-state index in [0.29, 0.717) is 12.8 Å². The Balaban J connectivity index is 0.00000172. The Morgan fingerprint density at radius 3 is 1.35 bits per heavy atom. The lowest BCUT2D eigenvalue weighted by Gasteiger charge is -2.07. The van der Waals surface area contributed by atoms with Gasteiger partial charge in [0.15, 0.2) is 0 Å². The normalized spacial score (nSPS) is 9.20. The molecule has 0 radical (unpaired) electrons. The van der Waals surface area contributed by atoms with Gasteiger partial charge in [-0.25, -0.2) is 0 Å². The third-order valence-corrected chi connectivity index (χ3v) is 2.41. The van der Waals surface area contributed by atoms with Crippen molar-refractivity contribution in [2.45, 2.75) is 53.4 Å². The fourth-order valence-corrected chi connectivity index (χ4v) is 1.54. The molecule has 4 heteroatoms. The van der Waals surface area contributed by atoms with Crippen LogP contribution in [0.2, 0.25) is 0 Å². The first-order chi connectivity index (χ1) is 9.65. The number of anilines is 2. The standard InChI is InChI=1S/C14H20N2O2.C2H6/c1-3-5-13(17)15-11-7-9-12(10-8-11)16-14(18)6-4-2;1-2/h7-10H,3-6H2,1-2H3,(H,15,17)(H,16,18);1-2H3. The number of nitrogens with one attached hydrogen (secondary N) is 2. The van der Waals surface area contributed by atoms with Gasteiger partial charge in [0.25, 0.3) is 0 Å². The van der Waals surface area contributed by atoms with Gasteiger partial charge in [-0.15, -0.1) is 0 Å². The molecule has 0 unspecified atom stereocenters. The van der Waals surface area contributed by atoms with Gasteiger partial charge in [0.05, 0.1) is 0 Å². The summed E-state index contributed by atoms with van der Waals surface area (Å²) >= 11 is 0. The maximum Gasteiger partial charge on any atom is 0.224 e. The zero-order valence-electron chi connectivity index (χ0n) is 13.0. The first kappa shape index (κ1) is 18.2. The van der Waals surface area contributed by atoms with Crippen LogP contribution in [0.5, 0.6) is 0 Å². The summed E-state index contributed by atoms with van der Waals surface area (Å²) < 4.78 is 0. The Bertz CT molecular complexity index is 360. The maximum atomic E-state index is 11.4. The second-order valence-electron chi connectivity index (χ2n) is 4.17. The monoisotopic (exact) mass is 278 g/mol. The van der Waals surface area contributed by atoms with E-state index >= 15 is 0 Å². The van der Waals surface area contributed by atoms with E-state index in [0.717, 1.165) is 24.2 Å². The van der Waals surface area contributed by atoms with Crippen LogP contribution < -0.4 is 10.6 Å². The van der Waals surface area contributed by atoms with Gasteiger partial charge in [0.1, 0.15) is 0 Å². The third-order valence-electron chi connectivity index (χ3n) is 2.41. The van der Waals surface area contributed by atoms with Gasteiger partial charge in [0, 0.05) is 24.2 Å². The van der Waals surface area contributed by atoms with Crippen molar-refractivity contribution >= 4 is 23.2 Å². The largest absolute Gasteiger partial charge is 0.326 e. The second-order valence-corrected chi connectivity index (χ2v) is 4.17. The molecule has 2 amide bonds. The van der Waals surface area contributed by atoms with Crippen LogP contribution in [0.3, 0.4) is 0 Å². The molecule has 4 nitrogen and oxygen atoms in total. The minimum absolute atomic E-state index is 0.0141. The molecule has 0 fully saturated rings. The van der Waals surface area contributed by atoms with Crippen molar-refractivity contribution in [3.8, 4) is 0 Å². The lowest BCUT2D eigenvalue weighted by Crippen LogP contribution is -2.12. The first-order valence-corrected chi connectivity index (χ1v) is 7.35. The zero-order chi connectivity index (χ0) is 15.4. The van der Waals surface area contributed by atoms with E-state index in [1.54, 1.807) is 24.3 Å². The van der Waals surface area contributed by atoms with Crippen molar-refractivity contribution in [2.75, 3.05) is 10.6 Å². The van der Waals surface area contributed by atoms with Gasteiger partial charge in [-0.2, -0.15) is 0 Å². The summed E-state index contributed by atoms with van der Waals surface area (Å²) in [4.78, 5) is 22.8. The minimum Gasteiger partial charge on any atom is -0.326 e. The van der Waals surface area contributed by atoms with Gasteiger partial charge in [-0.05, 0) is 37.1 Å². The number of carbonyl (C=O) groups excluding carboxylic acids is 2. The Hall–Kier alpha value is -1.84. The van der Waals surface area contributed by atoms with Crippen LogP contribution >= 0.6 is 0 Å². The zero-order valence-corrected chi connectivity index (χ0v) is 13.0. The Morgan fingerprint density at radius 2 is 1.10 bits per heavy atom. The molecule has 0 bridgehead atoms. The first-order valence-electron chi connectivity index (χ1n) is 7.35. The number of hydrogen-bond acceptors (Lipinski definition) is 2. The SMILES string of the molecule is CC.CCCC(=O)Nc1ccc(NC(=O)CCC)cc1. The molecule has 0 aliphatic carbocycles. The van der Waals surface area contributed by atoms with Crippen LogP contribution in [0.15, 0.2) is 24.3 Å². The van der Waals surface area contributed by atoms with E-state index in [4.69, 9.17) is 0 Å². The van der Waals surface area contributed by atoms with Gasteiger partial charge in [-0.1, -0.05) is 27.7 Å². The lowest BCUT2D eigenvalue weighted by atomic mass is 10.2. The Morgan fingerprint density at radius 1 is 0.800 bits per heavy atom. The Kier molecular flexibility index (Phi) is 10.0. The second kappa shape index (κ2) is 11.0. The molecule has 0 saturated carbocycles. The van der Waals surface area contributed by atoms with Gasteiger partial charge >= 0.3 is 0 Å². The summed E-state index contributed by atoms with van der Waals surface area (Å²) in [7, 11) is 0. The fourth-order valence-electron chi connectivity index (χ4n) is 1.54. The van der Waals surface area contributed by atoms with E-state index in [1.807, 2.05) is 27.7 Å². The molecule has 0 aromatic heterocycles. The summed E-state index contributed by atoms with van der Waals surface area (Å²) in [5.74, 6) is 0.0283. The molecule has 2 N–H and O–H groups in total. The highest BCUT2D eigenvalue weighted by molar-refractivity contribution is 5.92. The molecule has 112 valence electrons. The van der Waals surface area contributed by atoms with E-state index in [9.17, 15) is 9.59 Å². The highest BCUT2D eigenvalue weighted by atomic mass is 16.2. The molecule has 0 aliphatic rings. The maximum absolute atomic E-state index is 11.4. The van der Waals surface area contributed by atoms with Crippen LogP contribution in [-0.2, 0) is 9.59 Å². The topological polar surface area (TPSA) is 58.2 Å². The third kappa shape index (κ3) is 7.56. The van der Waals surface area contributed by atoms with Crippen molar-refractivity contribution in [3.05, 3.63) is 24.3 Å². The van der Waals surface area contributed by atoms with Crippen molar-refractivity contribution in [2.24, 2.45) is 0 Å². The van der Waals surface area contributed by atoms with Crippen LogP contribution in [0.1, 0.15) is 53.4 Å². The molecule has 20 heavy (non-hydrogen) atoms. The van der Waals surface area contributed by atoms with Crippen molar-refractivity contribution in [1.82, 2.24) is 0 Å². The van der Waals surface area contributed by atoms with E-state index < -0.39 is 0 Å². The van der Waals surface area contributed by atoms with Crippen LogP contribution in [0.25, 0.3) is 0 Å². The quantitative estimate of drug-likeness (QED) is 0.819. The molecule has 0 aliphatic heterocycles. The van der Waals surface area contributed by atoms with Crippen LogP contribution in [-0.4, -0.2) is 11.8 Å². The smallest absolute Gasteiger partial charge is 0.224 e. The summed E-state index contributed by atoms with van der Waals surface area (Å²) in [5.41, 5.74) is 1.50. The van der Waals surface area contributed by atoms with E-state index in [-0.39, 0.29) is 11.8 Å². The van der Waals surface area contributed by atoms with Crippen molar-refractivity contribution in [1.29, 1.82) is 0 Å². The minimum atomic E-state index is 0.0141. The van der Waals surface area contributed by atoms with E-state index in [2.05, 4.69) is 10.6 Å². The predicted octanol–water partition coefficient (Wildman–Crippen LogP) is 4.19. The molecule has 0 saturated heterocycles. The van der Waals surface area contributed by atoms with E-state index in [1.165, 1.54) is 0 Å². The number of amides is 2. The summed E-state index contributed by atoms with van der Waals surface area (Å²) in [6.45, 7) is 7.93. The molecule has 1 aromatic rings. The van der Waals surface area contributed by atoms with Gasteiger partial charge in [-0.3, -0.25) is 9.59 Å². The average Bonchev–Trinajstić information content (AvgIpc) is 2.44. The molecule has 1 aromatic carbocycles.